The minimum Gasteiger partial charge on any atom is -0.317 e. The van der Waals surface area contributed by atoms with Crippen molar-refractivity contribution in [2.45, 2.75) is 24.7 Å². The first-order valence-electron chi connectivity index (χ1n) is 7.63. The average molecular weight is 405 g/mol. The van der Waals surface area contributed by atoms with Crippen LogP contribution in [0.2, 0.25) is 0 Å². The van der Waals surface area contributed by atoms with Crippen molar-refractivity contribution in [3.63, 3.8) is 0 Å². The van der Waals surface area contributed by atoms with Crippen molar-refractivity contribution in [2.24, 2.45) is 0 Å². The van der Waals surface area contributed by atoms with Crippen LogP contribution in [-0.2, 0) is 13.8 Å². The topological polar surface area (TPSA) is 99.6 Å². The molecule has 1 N–H and O–H groups in total. The second kappa shape index (κ2) is 7.63. The summed E-state index contributed by atoms with van der Waals surface area (Å²) in [6.07, 6.45) is -3.95. The Morgan fingerprint density at radius 2 is 2.04 bits per heavy atom. The zero-order chi connectivity index (χ0) is 19.6. The van der Waals surface area contributed by atoms with Crippen LogP contribution in [0.3, 0.4) is 0 Å². The van der Waals surface area contributed by atoms with Gasteiger partial charge in [0, 0.05) is 11.0 Å². The van der Waals surface area contributed by atoms with Crippen LogP contribution in [-0.4, -0.2) is 28.2 Å². The maximum Gasteiger partial charge on any atom is 0.750 e. The molecule has 2 aromatic rings. The summed E-state index contributed by atoms with van der Waals surface area (Å²) in [5, 5.41) is 0. The van der Waals surface area contributed by atoms with Gasteiger partial charge in [-0.3, -0.25) is 14.3 Å². The lowest BCUT2D eigenvalue weighted by molar-refractivity contribution is -0.191. The molecule has 3 rings (SSSR count). The second-order valence-corrected chi connectivity index (χ2v) is 6.49. The van der Waals surface area contributed by atoms with Crippen LogP contribution >= 0.6 is 8.25 Å². The number of benzene rings is 1. The Hall–Kier alpha value is -2.49. The summed E-state index contributed by atoms with van der Waals surface area (Å²) in [6.45, 7) is -1.09. The van der Waals surface area contributed by atoms with Gasteiger partial charge < -0.3 is 4.74 Å². The summed E-state index contributed by atoms with van der Waals surface area (Å²) in [7, 11) is -2.82. The summed E-state index contributed by atoms with van der Waals surface area (Å²) in [5.41, 5.74) is -2.36. The van der Waals surface area contributed by atoms with E-state index in [2.05, 4.69) is 4.52 Å². The first kappa shape index (κ1) is 19.3. The molecule has 0 saturated carbocycles. The van der Waals surface area contributed by atoms with Crippen molar-refractivity contribution in [1.82, 2.24) is 9.55 Å². The van der Waals surface area contributed by atoms with E-state index in [9.17, 15) is 27.3 Å². The highest BCUT2D eigenvalue weighted by molar-refractivity contribution is 7.33. The zero-order valence-electron chi connectivity index (χ0n) is 13.5. The Balaban J connectivity index is 1.66. The summed E-state index contributed by atoms with van der Waals surface area (Å²) >= 11 is 0. The van der Waals surface area contributed by atoms with Gasteiger partial charge in [0.05, 0.1) is 6.20 Å². The van der Waals surface area contributed by atoms with Crippen LogP contribution < -0.4 is 15.8 Å². The lowest BCUT2D eigenvalue weighted by Gasteiger charge is -2.19. The van der Waals surface area contributed by atoms with E-state index in [1.807, 2.05) is 0 Å². The fraction of sp³-hybridized carbons (Fsp3) is 0.333. The quantitative estimate of drug-likeness (QED) is 0.741. The molecule has 144 valence electrons. The number of alkyl halides is 2. The van der Waals surface area contributed by atoms with Crippen molar-refractivity contribution in [2.75, 3.05) is 6.61 Å². The van der Waals surface area contributed by atoms with Crippen LogP contribution in [0.4, 0.5) is 13.2 Å². The molecule has 8 nitrogen and oxygen atoms in total. The van der Waals surface area contributed by atoms with Gasteiger partial charge >= 0.3 is 13.9 Å². The van der Waals surface area contributed by atoms with Gasteiger partial charge in [-0.15, -0.1) is 4.52 Å². The maximum atomic E-state index is 14.7. The van der Waals surface area contributed by atoms with Gasteiger partial charge in [-0.2, -0.15) is 4.39 Å². The fourth-order valence-corrected chi connectivity index (χ4v) is 3.03. The predicted molar refractivity (Wildman–Crippen MR) is 85.4 cm³/mol. The Bertz CT molecular complexity index is 953. The van der Waals surface area contributed by atoms with Gasteiger partial charge in [-0.05, 0) is 12.1 Å². The van der Waals surface area contributed by atoms with Crippen LogP contribution in [0.5, 0.6) is 5.75 Å². The first-order valence-corrected chi connectivity index (χ1v) is 8.73. The highest BCUT2D eigenvalue weighted by atomic mass is 31.1. The Kier molecular flexibility index (Phi) is 5.45. The summed E-state index contributed by atoms with van der Waals surface area (Å²) in [5.74, 6) is -4.16. The van der Waals surface area contributed by atoms with Gasteiger partial charge in [0.1, 0.15) is 6.23 Å². The standard InChI is InChI=1S/C15H12F3N2O6P/c16-10-7-20(14(22)19-13(10)21)12-6-11(17)15(18,25-12)8-24-27(23)26-9-4-2-1-3-5-9/h1-5,7,11-12H,6,8H2/p+1/t11-,12+,15+/m0/s1. The van der Waals surface area contributed by atoms with E-state index in [0.717, 1.165) is 0 Å². The van der Waals surface area contributed by atoms with Gasteiger partial charge in [0.25, 0.3) is 11.4 Å². The number of H-pyrrole nitrogens is 1. The number of ether oxygens (including phenoxy) is 1. The van der Waals surface area contributed by atoms with Crippen molar-refractivity contribution >= 4 is 8.25 Å². The predicted octanol–water partition coefficient (Wildman–Crippen LogP) is 2.35. The highest BCUT2D eigenvalue weighted by Crippen LogP contribution is 2.41. The molecular formula is C15H13F3N2O6P+. The van der Waals surface area contributed by atoms with Gasteiger partial charge in [-0.25, -0.2) is 18.1 Å². The molecule has 0 radical (unpaired) electrons. The van der Waals surface area contributed by atoms with Crippen LogP contribution in [0.15, 0.2) is 46.1 Å². The zero-order valence-corrected chi connectivity index (χ0v) is 14.4. The minimum atomic E-state index is -3.04. The first-order chi connectivity index (χ1) is 12.8. The third kappa shape index (κ3) is 4.26. The number of halogens is 3. The van der Waals surface area contributed by atoms with E-state index in [1.165, 1.54) is 12.1 Å². The summed E-state index contributed by atoms with van der Waals surface area (Å²) < 4.78 is 68.8. The molecular weight excluding hydrogens is 392 g/mol. The fourth-order valence-electron chi connectivity index (χ4n) is 2.41. The number of aromatic nitrogens is 2. The maximum absolute atomic E-state index is 14.7. The Morgan fingerprint density at radius 1 is 1.33 bits per heavy atom. The molecule has 1 saturated heterocycles. The van der Waals surface area contributed by atoms with Gasteiger partial charge in [0.2, 0.25) is 5.82 Å². The smallest absolute Gasteiger partial charge is 0.317 e. The molecule has 1 aliphatic heterocycles. The normalized spacial score (nSPS) is 25.4. The molecule has 27 heavy (non-hydrogen) atoms. The third-order valence-electron chi connectivity index (χ3n) is 3.73. The van der Waals surface area contributed by atoms with Crippen molar-refractivity contribution in [3.8, 4) is 5.75 Å². The van der Waals surface area contributed by atoms with Gasteiger partial charge in [0.15, 0.2) is 18.5 Å². The third-order valence-corrected chi connectivity index (χ3v) is 4.43. The number of hydrogen-bond acceptors (Lipinski definition) is 6. The molecule has 1 fully saturated rings. The molecule has 0 bridgehead atoms. The van der Waals surface area contributed by atoms with E-state index < -0.39 is 56.6 Å². The SMILES string of the molecule is O=c1[nH]c(=O)n([C@H]2C[C@H](F)[C@@](F)(CO[P+](=O)Oc3ccccc3)O2)cc1F. The lowest BCUT2D eigenvalue weighted by atomic mass is 10.2. The molecule has 1 aromatic heterocycles. The number of nitrogens with one attached hydrogen (secondary N) is 1. The van der Waals surface area contributed by atoms with Crippen molar-refractivity contribution in [3.05, 3.63) is 63.2 Å². The van der Waals surface area contributed by atoms with Gasteiger partial charge in [-0.1, -0.05) is 18.2 Å². The molecule has 12 heteroatoms. The molecule has 1 aliphatic rings. The van der Waals surface area contributed by atoms with E-state index in [-0.39, 0.29) is 5.75 Å². The largest absolute Gasteiger partial charge is 0.750 e. The summed E-state index contributed by atoms with van der Waals surface area (Å²) in [6, 6.07) is 7.88. The number of hydrogen-bond donors (Lipinski definition) is 1. The molecule has 0 aliphatic carbocycles. The van der Waals surface area contributed by atoms with E-state index in [4.69, 9.17) is 9.26 Å². The monoisotopic (exact) mass is 405 g/mol. The number of nitrogens with zero attached hydrogens (tertiary/aromatic N) is 1. The Labute approximate surface area is 150 Å². The van der Waals surface area contributed by atoms with Crippen LogP contribution in [0.25, 0.3) is 0 Å². The molecule has 0 spiro atoms. The molecule has 1 unspecified atom stereocenters. The van der Waals surface area contributed by atoms with Crippen molar-refractivity contribution in [1.29, 1.82) is 0 Å². The number of aromatic amines is 1. The lowest BCUT2D eigenvalue weighted by Crippen LogP contribution is -2.37. The second-order valence-electron chi connectivity index (χ2n) is 5.61. The average Bonchev–Trinajstić information content (AvgIpc) is 2.92. The minimum absolute atomic E-state index is 0.198. The molecule has 0 amide bonds. The van der Waals surface area contributed by atoms with Crippen LogP contribution in [0, 0.1) is 5.82 Å². The van der Waals surface area contributed by atoms with E-state index >= 15 is 0 Å². The number of rotatable bonds is 6. The summed E-state index contributed by atoms with van der Waals surface area (Å²) in [4.78, 5) is 24.4. The molecule has 2 heterocycles. The van der Waals surface area contributed by atoms with Crippen molar-refractivity contribution < 1.29 is 31.5 Å². The number of para-hydroxylation sites is 1. The van der Waals surface area contributed by atoms with E-state index in [0.29, 0.717) is 10.8 Å². The van der Waals surface area contributed by atoms with Crippen LogP contribution in [0.1, 0.15) is 12.6 Å². The molecule has 1 aromatic carbocycles. The Morgan fingerprint density at radius 3 is 2.74 bits per heavy atom. The van der Waals surface area contributed by atoms with E-state index in [1.54, 1.807) is 23.2 Å². The molecule has 4 atom stereocenters. The highest BCUT2D eigenvalue weighted by Gasteiger charge is 2.53.